The summed E-state index contributed by atoms with van der Waals surface area (Å²) in [4.78, 5) is 0. The molecule has 0 aliphatic heterocycles. The number of halogens is 5. The van der Waals surface area contributed by atoms with Crippen LogP contribution in [-0.4, -0.2) is 18.8 Å². The van der Waals surface area contributed by atoms with Crippen LogP contribution in [0.5, 0.6) is 5.75 Å². The largest absolute Gasteiger partial charge is 0.477 e. The summed E-state index contributed by atoms with van der Waals surface area (Å²) in [6, 6.07) is 3.50. The lowest BCUT2D eigenvalue weighted by molar-refractivity contribution is -0.192. The molecule has 1 aromatic carbocycles. The van der Waals surface area contributed by atoms with Gasteiger partial charge in [-0.25, -0.2) is 4.39 Å². The maximum Gasteiger partial charge on any atom is 0.426 e. The van der Waals surface area contributed by atoms with Gasteiger partial charge in [0, 0.05) is 11.0 Å². The van der Waals surface area contributed by atoms with Gasteiger partial charge in [0.15, 0.2) is 11.6 Å². The second kappa shape index (κ2) is 5.01. The number of alkyl halides is 3. The lowest BCUT2D eigenvalue weighted by Gasteiger charge is -2.20. The van der Waals surface area contributed by atoms with Crippen LogP contribution >= 0.6 is 15.9 Å². The maximum atomic E-state index is 13.2. The van der Waals surface area contributed by atoms with E-state index in [1.54, 1.807) is 0 Å². The van der Waals surface area contributed by atoms with Crippen LogP contribution in [0.3, 0.4) is 0 Å². The second-order valence-electron chi connectivity index (χ2n) is 2.96. The van der Waals surface area contributed by atoms with Gasteiger partial charge < -0.3 is 10.5 Å². The summed E-state index contributed by atoms with van der Waals surface area (Å²) < 4.78 is 54.9. The highest BCUT2D eigenvalue weighted by atomic mass is 79.9. The molecule has 90 valence electrons. The second-order valence-corrected chi connectivity index (χ2v) is 3.87. The molecule has 0 bridgehead atoms. The molecule has 16 heavy (non-hydrogen) atoms. The Morgan fingerprint density at radius 1 is 1.38 bits per heavy atom. The average molecular weight is 302 g/mol. The van der Waals surface area contributed by atoms with Crippen molar-refractivity contribution < 1.29 is 22.3 Å². The van der Waals surface area contributed by atoms with Crippen molar-refractivity contribution in [3.63, 3.8) is 0 Å². The van der Waals surface area contributed by atoms with Crippen molar-refractivity contribution in [2.24, 2.45) is 5.73 Å². The first-order chi connectivity index (χ1) is 7.34. The first-order valence-electron chi connectivity index (χ1n) is 4.23. The van der Waals surface area contributed by atoms with Gasteiger partial charge in [0.25, 0.3) is 0 Å². The van der Waals surface area contributed by atoms with E-state index >= 15 is 0 Å². The summed E-state index contributed by atoms with van der Waals surface area (Å²) in [5, 5.41) is 0. The van der Waals surface area contributed by atoms with Crippen molar-refractivity contribution in [3.8, 4) is 5.75 Å². The SMILES string of the molecule is NCC(Oc1ccc(Br)cc1F)C(F)(F)F. The highest BCUT2D eigenvalue weighted by Crippen LogP contribution is 2.27. The molecule has 0 fully saturated rings. The number of rotatable bonds is 3. The third-order valence-electron chi connectivity index (χ3n) is 1.74. The van der Waals surface area contributed by atoms with Crippen LogP contribution in [0.25, 0.3) is 0 Å². The van der Waals surface area contributed by atoms with Crippen LogP contribution in [0.2, 0.25) is 0 Å². The van der Waals surface area contributed by atoms with E-state index in [4.69, 9.17) is 5.73 Å². The molecule has 1 atom stereocenters. The lowest BCUT2D eigenvalue weighted by Crippen LogP contribution is -2.40. The van der Waals surface area contributed by atoms with Crippen LogP contribution in [0.1, 0.15) is 0 Å². The van der Waals surface area contributed by atoms with E-state index in [1.165, 1.54) is 6.07 Å². The fourth-order valence-corrected chi connectivity index (χ4v) is 1.31. The van der Waals surface area contributed by atoms with Gasteiger partial charge in [-0.3, -0.25) is 0 Å². The van der Waals surface area contributed by atoms with Crippen molar-refractivity contribution in [3.05, 3.63) is 28.5 Å². The van der Waals surface area contributed by atoms with Crippen LogP contribution < -0.4 is 10.5 Å². The van der Waals surface area contributed by atoms with Gasteiger partial charge in [-0.2, -0.15) is 13.2 Å². The molecule has 2 N–H and O–H groups in total. The molecule has 0 saturated carbocycles. The minimum Gasteiger partial charge on any atom is -0.477 e. The average Bonchev–Trinajstić information content (AvgIpc) is 2.14. The van der Waals surface area contributed by atoms with Crippen LogP contribution in [0.15, 0.2) is 22.7 Å². The first kappa shape index (κ1) is 13.2. The molecule has 0 aliphatic carbocycles. The minimum atomic E-state index is -4.62. The van der Waals surface area contributed by atoms with E-state index in [2.05, 4.69) is 20.7 Å². The van der Waals surface area contributed by atoms with Crippen LogP contribution in [0.4, 0.5) is 17.6 Å². The molecule has 0 amide bonds. The van der Waals surface area contributed by atoms with Gasteiger partial charge in [-0.1, -0.05) is 15.9 Å². The zero-order valence-corrected chi connectivity index (χ0v) is 9.48. The third kappa shape index (κ3) is 3.34. The summed E-state index contributed by atoms with van der Waals surface area (Å²) in [7, 11) is 0. The molecule has 7 heteroatoms. The van der Waals surface area contributed by atoms with E-state index in [-0.39, 0.29) is 0 Å². The third-order valence-corrected chi connectivity index (χ3v) is 2.24. The van der Waals surface area contributed by atoms with E-state index in [1.807, 2.05) is 0 Å². The number of ether oxygens (including phenoxy) is 1. The molecular formula is C9H8BrF4NO. The molecule has 0 saturated heterocycles. The van der Waals surface area contributed by atoms with E-state index in [9.17, 15) is 17.6 Å². The Labute approximate surface area is 97.5 Å². The fraction of sp³-hybridized carbons (Fsp3) is 0.333. The maximum absolute atomic E-state index is 13.2. The standard InChI is InChI=1S/C9H8BrF4NO/c10-5-1-2-7(6(11)3-5)16-8(4-15)9(12,13)14/h1-3,8H,4,15H2. The summed E-state index contributed by atoms with van der Waals surface area (Å²) >= 11 is 2.98. The summed E-state index contributed by atoms with van der Waals surface area (Å²) in [5.41, 5.74) is 4.91. The molecule has 0 heterocycles. The molecular weight excluding hydrogens is 294 g/mol. The smallest absolute Gasteiger partial charge is 0.426 e. The molecule has 1 rings (SSSR count). The van der Waals surface area contributed by atoms with E-state index in [0.717, 1.165) is 12.1 Å². The number of hydrogen-bond donors (Lipinski definition) is 1. The topological polar surface area (TPSA) is 35.2 Å². The molecule has 0 radical (unpaired) electrons. The summed E-state index contributed by atoms with van der Waals surface area (Å²) in [5.74, 6) is -1.35. The van der Waals surface area contributed by atoms with E-state index in [0.29, 0.717) is 4.47 Å². The summed E-state index contributed by atoms with van der Waals surface area (Å²) in [6.45, 7) is -0.765. The van der Waals surface area contributed by atoms with Crippen molar-refractivity contribution in [2.75, 3.05) is 6.54 Å². The van der Waals surface area contributed by atoms with Crippen LogP contribution in [0, 0.1) is 5.82 Å². The number of benzene rings is 1. The minimum absolute atomic E-state index is 0.411. The normalized spacial score (nSPS) is 13.6. The zero-order valence-electron chi connectivity index (χ0n) is 7.89. The van der Waals surface area contributed by atoms with Crippen LogP contribution in [-0.2, 0) is 0 Å². The highest BCUT2D eigenvalue weighted by molar-refractivity contribution is 9.10. The highest BCUT2D eigenvalue weighted by Gasteiger charge is 2.41. The van der Waals surface area contributed by atoms with Gasteiger partial charge >= 0.3 is 6.18 Å². The van der Waals surface area contributed by atoms with Gasteiger partial charge in [-0.05, 0) is 18.2 Å². The van der Waals surface area contributed by atoms with Crippen molar-refractivity contribution in [1.82, 2.24) is 0 Å². The number of hydrogen-bond acceptors (Lipinski definition) is 2. The number of nitrogens with two attached hydrogens (primary N) is 1. The van der Waals surface area contributed by atoms with Crippen molar-refractivity contribution in [2.45, 2.75) is 12.3 Å². The molecule has 1 aromatic rings. The van der Waals surface area contributed by atoms with Crippen molar-refractivity contribution in [1.29, 1.82) is 0 Å². The van der Waals surface area contributed by atoms with Gasteiger partial charge in [0.05, 0.1) is 0 Å². The molecule has 0 spiro atoms. The lowest BCUT2D eigenvalue weighted by atomic mass is 10.3. The van der Waals surface area contributed by atoms with E-state index < -0.39 is 30.4 Å². The Kier molecular flexibility index (Phi) is 4.15. The predicted octanol–water partition coefficient (Wildman–Crippen LogP) is 2.86. The Morgan fingerprint density at radius 3 is 2.44 bits per heavy atom. The monoisotopic (exact) mass is 301 g/mol. The zero-order chi connectivity index (χ0) is 12.3. The van der Waals surface area contributed by atoms with Gasteiger partial charge in [0.1, 0.15) is 0 Å². The summed E-state index contributed by atoms with van der Waals surface area (Å²) in [6.07, 6.45) is -6.82. The quantitative estimate of drug-likeness (QED) is 0.871. The molecule has 1 unspecified atom stereocenters. The Bertz CT molecular complexity index is 369. The van der Waals surface area contributed by atoms with Gasteiger partial charge in [-0.15, -0.1) is 0 Å². The first-order valence-corrected chi connectivity index (χ1v) is 5.02. The molecule has 0 aliphatic rings. The Balaban J connectivity index is 2.86. The molecule has 2 nitrogen and oxygen atoms in total. The fourth-order valence-electron chi connectivity index (χ4n) is 0.973. The Hall–Kier alpha value is -0.820. The van der Waals surface area contributed by atoms with Crippen molar-refractivity contribution >= 4 is 15.9 Å². The molecule has 0 aromatic heterocycles. The van der Waals surface area contributed by atoms with Gasteiger partial charge in [0.2, 0.25) is 6.10 Å². The Morgan fingerprint density at radius 2 is 2.00 bits per heavy atom. The predicted molar refractivity (Wildman–Crippen MR) is 53.6 cm³/mol.